The Morgan fingerprint density at radius 3 is 2.54 bits per heavy atom. The van der Waals surface area contributed by atoms with Crippen LogP contribution >= 0.6 is 11.3 Å². The molecule has 6 heteroatoms. The van der Waals surface area contributed by atoms with Crippen molar-refractivity contribution < 1.29 is 4.79 Å². The van der Waals surface area contributed by atoms with Crippen LogP contribution in [0.2, 0.25) is 0 Å². The van der Waals surface area contributed by atoms with Gasteiger partial charge in [-0.3, -0.25) is 9.78 Å². The summed E-state index contributed by atoms with van der Waals surface area (Å²) in [4.78, 5) is 22.6. The smallest absolute Gasteiger partial charge is 0.244 e. The van der Waals surface area contributed by atoms with Crippen LogP contribution in [0.25, 0.3) is 21.7 Å². The lowest BCUT2D eigenvalue weighted by Crippen LogP contribution is -2.19. The Hall–Kier alpha value is -2.99. The number of anilines is 1. The summed E-state index contributed by atoms with van der Waals surface area (Å²) in [5.74, 6) is 0.680. The van der Waals surface area contributed by atoms with E-state index in [1.807, 2.05) is 41.0 Å². The number of rotatable bonds is 4. The van der Waals surface area contributed by atoms with Crippen molar-refractivity contribution in [3.05, 3.63) is 65.8 Å². The predicted octanol–water partition coefficient (Wildman–Crippen LogP) is 5.10. The Labute approximate surface area is 168 Å². The SMILES string of the molecule is CC(C)(C)c1ccc(NC(=O)Cn2c(-c3cncs3)nc3ccccc32)cc1. The minimum Gasteiger partial charge on any atom is -0.325 e. The van der Waals surface area contributed by atoms with E-state index in [1.165, 1.54) is 16.9 Å². The van der Waals surface area contributed by atoms with Crippen LogP contribution in [0.1, 0.15) is 26.3 Å². The van der Waals surface area contributed by atoms with E-state index >= 15 is 0 Å². The van der Waals surface area contributed by atoms with Crippen molar-refractivity contribution in [3.8, 4) is 10.7 Å². The number of imidazole rings is 1. The molecule has 2 heterocycles. The second kappa shape index (κ2) is 7.20. The standard InChI is InChI=1S/C22H22N4OS/c1-22(2,3)15-8-10-16(11-9-15)24-20(27)13-26-18-7-5-4-6-17(18)25-21(26)19-12-23-14-28-19/h4-12,14H,13H2,1-3H3,(H,24,27). The predicted molar refractivity (Wildman–Crippen MR) is 115 cm³/mol. The van der Waals surface area contributed by atoms with Crippen molar-refractivity contribution in [1.82, 2.24) is 14.5 Å². The zero-order valence-corrected chi connectivity index (χ0v) is 17.0. The molecule has 0 unspecified atom stereocenters. The lowest BCUT2D eigenvalue weighted by atomic mass is 9.87. The summed E-state index contributed by atoms with van der Waals surface area (Å²) in [6, 6.07) is 15.9. The molecule has 0 aliphatic rings. The van der Waals surface area contributed by atoms with Gasteiger partial charge in [0.1, 0.15) is 6.54 Å². The maximum absolute atomic E-state index is 12.8. The zero-order chi connectivity index (χ0) is 19.7. The highest BCUT2D eigenvalue weighted by Gasteiger charge is 2.17. The third-order valence-electron chi connectivity index (χ3n) is 4.64. The van der Waals surface area contributed by atoms with Gasteiger partial charge in [0.15, 0.2) is 5.82 Å². The first kappa shape index (κ1) is 18.4. The van der Waals surface area contributed by atoms with Gasteiger partial charge in [0.2, 0.25) is 5.91 Å². The Morgan fingerprint density at radius 2 is 1.86 bits per heavy atom. The highest BCUT2D eigenvalue weighted by molar-refractivity contribution is 7.13. The van der Waals surface area contributed by atoms with E-state index in [2.05, 4.69) is 43.2 Å². The van der Waals surface area contributed by atoms with Crippen LogP contribution in [-0.2, 0) is 16.8 Å². The van der Waals surface area contributed by atoms with Gasteiger partial charge in [-0.1, -0.05) is 45.0 Å². The van der Waals surface area contributed by atoms with Crippen molar-refractivity contribution in [1.29, 1.82) is 0 Å². The fraction of sp³-hybridized carbons (Fsp3) is 0.227. The van der Waals surface area contributed by atoms with Crippen LogP contribution in [0.4, 0.5) is 5.69 Å². The van der Waals surface area contributed by atoms with E-state index in [-0.39, 0.29) is 17.9 Å². The molecule has 142 valence electrons. The van der Waals surface area contributed by atoms with Crippen LogP contribution in [-0.4, -0.2) is 20.4 Å². The summed E-state index contributed by atoms with van der Waals surface area (Å²) in [5.41, 5.74) is 5.69. The first-order valence-corrected chi connectivity index (χ1v) is 10.0. The summed E-state index contributed by atoms with van der Waals surface area (Å²) >= 11 is 1.51. The number of para-hydroxylation sites is 2. The summed E-state index contributed by atoms with van der Waals surface area (Å²) < 4.78 is 1.95. The average Bonchev–Trinajstić information content (AvgIpc) is 3.30. The molecule has 0 aliphatic heterocycles. The number of carbonyl (C=O) groups is 1. The van der Waals surface area contributed by atoms with Gasteiger partial charge in [0.05, 0.1) is 21.4 Å². The summed E-state index contributed by atoms with van der Waals surface area (Å²) in [5, 5.41) is 3.00. The molecule has 0 saturated carbocycles. The maximum atomic E-state index is 12.8. The van der Waals surface area contributed by atoms with Gasteiger partial charge in [0, 0.05) is 11.9 Å². The molecule has 5 nitrogen and oxygen atoms in total. The summed E-state index contributed by atoms with van der Waals surface area (Å²) in [7, 11) is 0. The molecule has 4 rings (SSSR count). The number of thiazole rings is 1. The average molecular weight is 391 g/mol. The molecule has 0 saturated heterocycles. The largest absolute Gasteiger partial charge is 0.325 e. The van der Waals surface area contributed by atoms with Gasteiger partial charge in [0.25, 0.3) is 0 Å². The molecule has 28 heavy (non-hydrogen) atoms. The molecule has 0 aliphatic carbocycles. The number of hydrogen-bond acceptors (Lipinski definition) is 4. The number of benzene rings is 2. The molecule has 0 atom stereocenters. The molecular formula is C22H22N4OS. The zero-order valence-electron chi connectivity index (χ0n) is 16.1. The first-order valence-electron chi connectivity index (χ1n) is 9.16. The first-order chi connectivity index (χ1) is 13.4. The third kappa shape index (κ3) is 3.68. The molecule has 0 radical (unpaired) electrons. The van der Waals surface area contributed by atoms with Crippen molar-refractivity contribution in [2.45, 2.75) is 32.7 Å². The maximum Gasteiger partial charge on any atom is 0.244 e. The minimum absolute atomic E-state index is 0.0852. The van der Waals surface area contributed by atoms with Crippen molar-refractivity contribution in [3.63, 3.8) is 0 Å². The highest BCUT2D eigenvalue weighted by atomic mass is 32.1. The summed E-state index contributed by atoms with van der Waals surface area (Å²) in [6.07, 6.45) is 1.78. The number of amides is 1. The van der Waals surface area contributed by atoms with Gasteiger partial charge >= 0.3 is 0 Å². The Bertz CT molecular complexity index is 1110. The van der Waals surface area contributed by atoms with Crippen LogP contribution in [0.15, 0.2) is 60.2 Å². The number of nitrogens with zero attached hydrogens (tertiary/aromatic N) is 3. The van der Waals surface area contributed by atoms with Crippen LogP contribution < -0.4 is 5.32 Å². The molecule has 1 amide bonds. The topological polar surface area (TPSA) is 59.8 Å². The van der Waals surface area contributed by atoms with Gasteiger partial charge in [-0.25, -0.2) is 4.98 Å². The van der Waals surface area contributed by atoms with Gasteiger partial charge in [-0.2, -0.15) is 0 Å². The minimum atomic E-state index is -0.0857. The van der Waals surface area contributed by atoms with E-state index < -0.39 is 0 Å². The fourth-order valence-corrected chi connectivity index (χ4v) is 3.77. The molecule has 0 fully saturated rings. The Kier molecular flexibility index (Phi) is 4.73. The van der Waals surface area contributed by atoms with Crippen molar-refractivity contribution >= 4 is 34.0 Å². The van der Waals surface area contributed by atoms with E-state index in [4.69, 9.17) is 4.98 Å². The molecule has 2 aromatic carbocycles. The van der Waals surface area contributed by atoms with E-state index in [9.17, 15) is 4.79 Å². The lowest BCUT2D eigenvalue weighted by Gasteiger charge is -2.19. The Morgan fingerprint density at radius 1 is 1.11 bits per heavy atom. The number of nitrogens with one attached hydrogen (secondary N) is 1. The molecule has 2 aromatic heterocycles. The van der Waals surface area contributed by atoms with Gasteiger partial charge < -0.3 is 9.88 Å². The second-order valence-corrected chi connectivity index (χ2v) is 8.64. The summed E-state index contributed by atoms with van der Waals surface area (Å²) in [6.45, 7) is 6.71. The van der Waals surface area contributed by atoms with Crippen LogP contribution in [0, 0.1) is 0 Å². The number of fused-ring (bicyclic) bond motifs is 1. The highest BCUT2D eigenvalue weighted by Crippen LogP contribution is 2.27. The van der Waals surface area contributed by atoms with Crippen molar-refractivity contribution in [2.75, 3.05) is 5.32 Å². The number of carbonyl (C=O) groups excluding carboxylic acids is 1. The number of hydrogen-bond donors (Lipinski definition) is 1. The van der Waals surface area contributed by atoms with Crippen LogP contribution in [0.3, 0.4) is 0 Å². The molecule has 4 aromatic rings. The molecule has 1 N–H and O–H groups in total. The molecule has 0 bridgehead atoms. The molecule has 0 spiro atoms. The van der Waals surface area contributed by atoms with Gasteiger partial charge in [-0.05, 0) is 35.2 Å². The van der Waals surface area contributed by atoms with Crippen LogP contribution in [0.5, 0.6) is 0 Å². The van der Waals surface area contributed by atoms with Gasteiger partial charge in [-0.15, -0.1) is 11.3 Å². The third-order valence-corrected chi connectivity index (χ3v) is 5.41. The monoisotopic (exact) mass is 390 g/mol. The quantitative estimate of drug-likeness (QED) is 0.528. The Balaban J connectivity index is 1.59. The van der Waals surface area contributed by atoms with E-state index in [0.717, 1.165) is 27.4 Å². The lowest BCUT2D eigenvalue weighted by molar-refractivity contribution is -0.116. The van der Waals surface area contributed by atoms with E-state index in [0.29, 0.717) is 0 Å². The normalized spacial score (nSPS) is 11.7. The molecular weight excluding hydrogens is 368 g/mol. The van der Waals surface area contributed by atoms with Crippen molar-refractivity contribution in [2.24, 2.45) is 0 Å². The van der Waals surface area contributed by atoms with E-state index in [1.54, 1.807) is 11.7 Å². The second-order valence-electron chi connectivity index (χ2n) is 7.75. The number of aromatic nitrogens is 3. The fourth-order valence-electron chi connectivity index (χ4n) is 3.15.